The molecule has 0 aliphatic carbocycles. The first-order chi connectivity index (χ1) is 13.6. The molecule has 2 saturated heterocycles. The van der Waals surface area contributed by atoms with Crippen LogP contribution in [0.25, 0.3) is 0 Å². The van der Waals surface area contributed by atoms with E-state index in [2.05, 4.69) is 29.2 Å². The highest BCUT2D eigenvalue weighted by atomic mass is 32.1. The van der Waals surface area contributed by atoms with E-state index in [-0.39, 0.29) is 17.2 Å². The Balaban J connectivity index is 1.48. The average molecular weight is 397 g/mol. The van der Waals surface area contributed by atoms with Gasteiger partial charge in [0.1, 0.15) is 0 Å². The lowest BCUT2D eigenvalue weighted by molar-refractivity contribution is -0.131. The molecule has 4 nitrogen and oxygen atoms in total. The van der Waals surface area contributed by atoms with Gasteiger partial charge in [0.25, 0.3) is 0 Å². The van der Waals surface area contributed by atoms with Crippen molar-refractivity contribution in [2.24, 2.45) is 11.3 Å². The molecule has 2 aliphatic rings. The second kappa shape index (κ2) is 8.08. The molecule has 2 atom stereocenters. The largest absolute Gasteiger partial charge is 0.342 e. The number of rotatable bonds is 6. The number of carbonyl (C=O) groups is 2. The summed E-state index contributed by atoms with van der Waals surface area (Å²) in [5, 5.41) is 2.02. The van der Waals surface area contributed by atoms with E-state index in [1.807, 2.05) is 35.4 Å². The molecule has 1 aromatic carbocycles. The molecule has 2 aliphatic heterocycles. The van der Waals surface area contributed by atoms with Gasteiger partial charge in [-0.05, 0) is 29.9 Å². The number of hydrogen-bond acceptors (Lipinski definition) is 3. The van der Waals surface area contributed by atoms with Gasteiger partial charge in [-0.25, -0.2) is 0 Å². The Morgan fingerprint density at radius 1 is 1.04 bits per heavy atom. The minimum absolute atomic E-state index is 0.0335. The van der Waals surface area contributed by atoms with E-state index in [1.54, 1.807) is 11.3 Å². The summed E-state index contributed by atoms with van der Waals surface area (Å²) in [6.07, 6.45) is 3.08. The molecular formula is C23H28N2O2S. The van der Waals surface area contributed by atoms with E-state index in [4.69, 9.17) is 0 Å². The molecular weight excluding hydrogens is 368 g/mol. The number of fused-ring (bicyclic) bond motifs is 1. The van der Waals surface area contributed by atoms with Crippen molar-refractivity contribution >= 4 is 23.2 Å². The van der Waals surface area contributed by atoms with Gasteiger partial charge < -0.3 is 9.80 Å². The molecule has 5 heteroatoms. The highest BCUT2D eigenvalue weighted by molar-refractivity contribution is 7.10. The van der Waals surface area contributed by atoms with E-state index in [9.17, 15) is 9.59 Å². The Morgan fingerprint density at radius 2 is 1.75 bits per heavy atom. The van der Waals surface area contributed by atoms with Crippen molar-refractivity contribution in [2.75, 3.05) is 26.2 Å². The van der Waals surface area contributed by atoms with Gasteiger partial charge in [0.05, 0.1) is 6.42 Å². The molecule has 4 rings (SSSR count). The van der Waals surface area contributed by atoms with E-state index in [1.165, 1.54) is 5.56 Å². The van der Waals surface area contributed by atoms with Crippen LogP contribution in [0.2, 0.25) is 0 Å². The summed E-state index contributed by atoms with van der Waals surface area (Å²) in [6.45, 7) is 5.09. The Hall–Kier alpha value is -2.14. The molecule has 0 N–H and O–H groups in total. The van der Waals surface area contributed by atoms with Crippen LogP contribution in [0.5, 0.6) is 0 Å². The fourth-order valence-electron chi connectivity index (χ4n) is 4.85. The first-order valence-corrected chi connectivity index (χ1v) is 11.1. The summed E-state index contributed by atoms with van der Waals surface area (Å²) in [4.78, 5) is 30.4. The number of amides is 2. The summed E-state index contributed by atoms with van der Waals surface area (Å²) in [5.41, 5.74) is 1.37. The summed E-state index contributed by atoms with van der Waals surface area (Å²) >= 11 is 1.64. The van der Waals surface area contributed by atoms with Crippen LogP contribution < -0.4 is 0 Å². The summed E-state index contributed by atoms with van der Waals surface area (Å²) < 4.78 is 0. The quantitative estimate of drug-likeness (QED) is 0.748. The maximum Gasteiger partial charge on any atom is 0.227 e. The lowest BCUT2D eigenvalue weighted by atomic mass is 9.76. The van der Waals surface area contributed by atoms with Crippen LogP contribution in [0.3, 0.4) is 0 Å². The standard InChI is InChI=1S/C23H28N2O2S/c1-2-21(26)24-14-19-15-25(22(27)13-20-9-6-12-28-20)17-23(19,16-24)11-10-18-7-4-3-5-8-18/h3-9,12,19H,2,10-11,13-17H2,1H3. The first kappa shape index (κ1) is 19.2. The zero-order valence-electron chi connectivity index (χ0n) is 16.5. The third-order valence-electron chi connectivity index (χ3n) is 6.43. The van der Waals surface area contributed by atoms with Crippen molar-refractivity contribution in [3.63, 3.8) is 0 Å². The predicted molar refractivity (Wildman–Crippen MR) is 112 cm³/mol. The second-order valence-corrected chi connectivity index (χ2v) is 9.24. The van der Waals surface area contributed by atoms with Crippen LogP contribution in [0.15, 0.2) is 47.8 Å². The van der Waals surface area contributed by atoms with Gasteiger partial charge in [0.15, 0.2) is 0 Å². The van der Waals surface area contributed by atoms with E-state index in [0.717, 1.165) is 43.9 Å². The van der Waals surface area contributed by atoms with Gasteiger partial charge in [-0.2, -0.15) is 0 Å². The SMILES string of the molecule is CCC(=O)N1CC2CN(C(=O)Cc3cccs3)CC2(CCc2ccccc2)C1. The molecule has 0 spiro atoms. The highest BCUT2D eigenvalue weighted by Gasteiger charge is 2.53. The molecule has 3 heterocycles. The number of thiophene rings is 1. The average Bonchev–Trinajstić information content (AvgIpc) is 3.41. The molecule has 0 bridgehead atoms. The lowest BCUT2D eigenvalue weighted by Crippen LogP contribution is -2.39. The topological polar surface area (TPSA) is 40.6 Å². The Bertz CT molecular complexity index is 820. The number of hydrogen-bond donors (Lipinski definition) is 0. The third kappa shape index (κ3) is 3.86. The van der Waals surface area contributed by atoms with Crippen LogP contribution in [-0.4, -0.2) is 47.8 Å². The second-order valence-electron chi connectivity index (χ2n) is 8.20. The third-order valence-corrected chi connectivity index (χ3v) is 7.30. The Kier molecular flexibility index (Phi) is 5.54. The van der Waals surface area contributed by atoms with Crippen molar-refractivity contribution in [1.82, 2.24) is 9.80 Å². The minimum atomic E-state index is 0.0335. The molecule has 2 unspecified atom stereocenters. The molecule has 2 aromatic rings. The van der Waals surface area contributed by atoms with Gasteiger partial charge >= 0.3 is 0 Å². The Morgan fingerprint density at radius 3 is 2.39 bits per heavy atom. The Labute approximate surface area is 171 Å². The summed E-state index contributed by atoms with van der Waals surface area (Å²) in [7, 11) is 0. The van der Waals surface area contributed by atoms with Crippen LogP contribution in [0, 0.1) is 11.3 Å². The van der Waals surface area contributed by atoms with Crippen LogP contribution in [0.1, 0.15) is 30.2 Å². The number of nitrogens with zero attached hydrogens (tertiary/aromatic N) is 2. The predicted octanol–water partition coefficient (Wildman–Crippen LogP) is 3.62. The van der Waals surface area contributed by atoms with Gasteiger partial charge in [-0.3, -0.25) is 9.59 Å². The molecule has 28 heavy (non-hydrogen) atoms. The van der Waals surface area contributed by atoms with Crippen LogP contribution in [-0.2, 0) is 22.4 Å². The van der Waals surface area contributed by atoms with E-state index in [0.29, 0.717) is 18.8 Å². The molecule has 1 aromatic heterocycles. The normalized spacial score (nSPS) is 23.8. The fraction of sp³-hybridized carbons (Fsp3) is 0.478. The smallest absolute Gasteiger partial charge is 0.227 e. The number of likely N-dealkylation sites (tertiary alicyclic amines) is 2. The monoisotopic (exact) mass is 396 g/mol. The van der Waals surface area contributed by atoms with Gasteiger partial charge in [-0.15, -0.1) is 11.3 Å². The van der Waals surface area contributed by atoms with Crippen molar-refractivity contribution in [2.45, 2.75) is 32.6 Å². The number of aryl methyl sites for hydroxylation is 1. The minimum Gasteiger partial charge on any atom is -0.342 e. The van der Waals surface area contributed by atoms with Gasteiger partial charge in [0, 0.05) is 48.8 Å². The summed E-state index contributed by atoms with van der Waals surface area (Å²) in [5.74, 6) is 0.855. The highest BCUT2D eigenvalue weighted by Crippen LogP contribution is 2.46. The zero-order valence-corrected chi connectivity index (χ0v) is 17.3. The molecule has 0 saturated carbocycles. The van der Waals surface area contributed by atoms with Gasteiger partial charge in [0.2, 0.25) is 11.8 Å². The fourth-order valence-corrected chi connectivity index (χ4v) is 5.55. The van der Waals surface area contributed by atoms with Crippen molar-refractivity contribution in [3.8, 4) is 0 Å². The van der Waals surface area contributed by atoms with Crippen LogP contribution in [0.4, 0.5) is 0 Å². The van der Waals surface area contributed by atoms with Gasteiger partial charge in [-0.1, -0.05) is 43.3 Å². The lowest BCUT2D eigenvalue weighted by Gasteiger charge is -2.29. The zero-order chi connectivity index (χ0) is 19.6. The number of benzene rings is 1. The van der Waals surface area contributed by atoms with E-state index < -0.39 is 0 Å². The molecule has 2 amide bonds. The maximum atomic E-state index is 12.9. The summed E-state index contributed by atoms with van der Waals surface area (Å²) in [6, 6.07) is 14.6. The van der Waals surface area contributed by atoms with Crippen LogP contribution >= 0.6 is 11.3 Å². The molecule has 2 fully saturated rings. The van der Waals surface area contributed by atoms with Crippen molar-refractivity contribution < 1.29 is 9.59 Å². The van der Waals surface area contributed by atoms with Crippen molar-refractivity contribution in [1.29, 1.82) is 0 Å². The van der Waals surface area contributed by atoms with E-state index >= 15 is 0 Å². The molecule has 0 radical (unpaired) electrons. The molecule has 148 valence electrons. The number of carbonyl (C=O) groups excluding carboxylic acids is 2. The first-order valence-electron chi connectivity index (χ1n) is 10.2. The maximum absolute atomic E-state index is 12.9. The van der Waals surface area contributed by atoms with Crippen molar-refractivity contribution in [3.05, 3.63) is 58.3 Å².